The third-order valence-electron chi connectivity index (χ3n) is 4.48. The Morgan fingerprint density at radius 1 is 1.35 bits per heavy atom. The van der Waals surface area contributed by atoms with Crippen LogP contribution in [0.1, 0.15) is 45.6 Å². The van der Waals surface area contributed by atoms with Crippen LogP contribution in [0.3, 0.4) is 0 Å². The molecule has 3 heteroatoms. The first-order valence-corrected chi connectivity index (χ1v) is 8.61. The highest BCUT2D eigenvalue weighted by molar-refractivity contribution is 9.10. The summed E-state index contributed by atoms with van der Waals surface area (Å²) in [5.74, 6) is 0.776. The van der Waals surface area contributed by atoms with E-state index in [0.29, 0.717) is 6.04 Å². The highest BCUT2D eigenvalue weighted by atomic mass is 79.9. The highest BCUT2D eigenvalue weighted by Crippen LogP contribution is 2.32. The fourth-order valence-electron chi connectivity index (χ4n) is 3.03. The number of anilines is 1. The molecule has 1 aromatic carbocycles. The molecule has 0 amide bonds. The SMILES string of the molecule is CCC(N)Cc1ccc(Br)cc1N1CC(C)CCC1C. The topological polar surface area (TPSA) is 29.3 Å². The van der Waals surface area contributed by atoms with Crippen molar-refractivity contribution in [3.8, 4) is 0 Å². The van der Waals surface area contributed by atoms with E-state index in [0.717, 1.165) is 29.8 Å². The summed E-state index contributed by atoms with van der Waals surface area (Å²) in [5, 5.41) is 0. The summed E-state index contributed by atoms with van der Waals surface area (Å²) in [6, 6.07) is 7.52. The molecule has 20 heavy (non-hydrogen) atoms. The predicted octanol–water partition coefficient (Wildman–Crippen LogP) is 4.35. The molecule has 0 saturated carbocycles. The van der Waals surface area contributed by atoms with Gasteiger partial charge in [-0.05, 0) is 56.2 Å². The monoisotopic (exact) mass is 338 g/mol. The smallest absolute Gasteiger partial charge is 0.0413 e. The van der Waals surface area contributed by atoms with Crippen molar-refractivity contribution in [3.63, 3.8) is 0 Å². The number of benzene rings is 1. The number of rotatable bonds is 4. The normalized spacial score (nSPS) is 24.8. The maximum absolute atomic E-state index is 6.17. The van der Waals surface area contributed by atoms with E-state index in [2.05, 4.69) is 59.8 Å². The number of hydrogen-bond acceptors (Lipinski definition) is 2. The Morgan fingerprint density at radius 2 is 2.10 bits per heavy atom. The number of nitrogens with two attached hydrogens (primary N) is 1. The Labute approximate surface area is 131 Å². The molecule has 3 unspecified atom stereocenters. The average molecular weight is 339 g/mol. The second-order valence-corrected chi connectivity index (χ2v) is 7.25. The molecule has 0 aromatic heterocycles. The molecule has 3 atom stereocenters. The molecule has 112 valence electrons. The van der Waals surface area contributed by atoms with Crippen LogP contribution in [-0.2, 0) is 6.42 Å². The summed E-state index contributed by atoms with van der Waals surface area (Å²) in [7, 11) is 0. The second kappa shape index (κ2) is 6.95. The van der Waals surface area contributed by atoms with Gasteiger partial charge in [-0.25, -0.2) is 0 Å². The fraction of sp³-hybridized carbons (Fsp3) is 0.647. The molecule has 0 spiro atoms. The van der Waals surface area contributed by atoms with Crippen LogP contribution >= 0.6 is 15.9 Å². The van der Waals surface area contributed by atoms with E-state index < -0.39 is 0 Å². The van der Waals surface area contributed by atoms with E-state index >= 15 is 0 Å². The standard InChI is InChI=1S/C17H27BrN2/c1-4-16(19)9-14-7-8-15(18)10-17(14)20-11-12(2)5-6-13(20)3/h7-8,10,12-13,16H,4-6,9,11,19H2,1-3H3. The van der Waals surface area contributed by atoms with Gasteiger partial charge in [0.1, 0.15) is 0 Å². The van der Waals surface area contributed by atoms with Crippen molar-refractivity contribution in [2.24, 2.45) is 11.7 Å². The average Bonchev–Trinajstić information content (AvgIpc) is 2.43. The van der Waals surface area contributed by atoms with E-state index in [1.807, 2.05) is 0 Å². The van der Waals surface area contributed by atoms with Crippen molar-refractivity contribution in [3.05, 3.63) is 28.2 Å². The van der Waals surface area contributed by atoms with Gasteiger partial charge in [-0.3, -0.25) is 0 Å². The second-order valence-electron chi connectivity index (χ2n) is 6.33. The van der Waals surface area contributed by atoms with Crippen molar-refractivity contribution in [1.82, 2.24) is 0 Å². The lowest BCUT2D eigenvalue weighted by Gasteiger charge is -2.40. The van der Waals surface area contributed by atoms with Gasteiger partial charge in [-0.1, -0.05) is 35.8 Å². The molecule has 0 radical (unpaired) electrons. The zero-order chi connectivity index (χ0) is 14.7. The van der Waals surface area contributed by atoms with E-state index in [4.69, 9.17) is 5.73 Å². The minimum Gasteiger partial charge on any atom is -0.368 e. The van der Waals surface area contributed by atoms with Crippen molar-refractivity contribution in [2.45, 2.75) is 58.5 Å². The Morgan fingerprint density at radius 3 is 2.80 bits per heavy atom. The lowest BCUT2D eigenvalue weighted by molar-refractivity contribution is 0.389. The molecule has 1 heterocycles. The van der Waals surface area contributed by atoms with Gasteiger partial charge >= 0.3 is 0 Å². The van der Waals surface area contributed by atoms with Crippen molar-refractivity contribution in [1.29, 1.82) is 0 Å². The Hall–Kier alpha value is -0.540. The molecule has 1 saturated heterocycles. The Kier molecular flexibility index (Phi) is 5.50. The Bertz CT molecular complexity index is 447. The van der Waals surface area contributed by atoms with Gasteiger partial charge in [0, 0.05) is 28.8 Å². The highest BCUT2D eigenvalue weighted by Gasteiger charge is 2.25. The minimum absolute atomic E-state index is 0.257. The van der Waals surface area contributed by atoms with E-state index in [9.17, 15) is 0 Å². The van der Waals surface area contributed by atoms with Crippen LogP contribution in [0.25, 0.3) is 0 Å². The maximum Gasteiger partial charge on any atom is 0.0413 e. The van der Waals surface area contributed by atoms with E-state index in [1.54, 1.807) is 0 Å². The first-order valence-electron chi connectivity index (χ1n) is 7.81. The van der Waals surface area contributed by atoms with Crippen molar-refractivity contribution in [2.75, 3.05) is 11.4 Å². The molecular formula is C17H27BrN2. The minimum atomic E-state index is 0.257. The summed E-state index contributed by atoms with van der Waals surface area (Å²) in [6.07, 6.45) is 4.63. The first-order chi connectivity index (χ1) is 9.51. The molecular weight excluding hydrogens is 312 g/mol. The fourth-order valence-corrected chi connectivity index (χ4v) is 3.38. The molecule has 1 aliphatic rings. The lowest BCUT2D eigenvalue weighted by atomic mass is 9.93. The van der Waals surface area contributed by atoms with Gasteiger partial charge in [0.15, 0.2) is 0 Å². The molecule has 0 aliphatic carbocycles. The maximum atomic E-state index is 6.17. The van der Waals surface area contributed by atoms with Crippen LogP contribution in [0.2, 0.25) is 0 Å². The molecule has 1 aliphatic heterocycles. The quantitative estimate of drug-likeness (QED) is 0.883. The summed E-state index contributed by atoms with van der Waals surface area (Å²) < 4.78 is 1.16. The summed E-state index contributed by atoms with van der Waals surface area (Å²) in [5.41, 5.74) is 8.94. The summed E-state index contributed by atoms with van der Waals surface area (Å²) in [6.45, 7) is 8.02. The van der Waals surface area contributed by atoms with E-state index in [1.165, 1.54) is 24.1 Å². The molecule has 1 fully saturated rings. The van der Waals surface area contributed by atoms with Gasteiger partial charge in [0.2, 0.25) is 0 Å². The van der Waals surface area contributed by atoms with Gasteiger partial charge < -0.3 is 10.6 Å². The van der Waals surface area contributed by atoms with Crippen LogP contribution in [-0.4, -0.2) is 18.6 Å². The molecule has 2 N–H and O–H groups in total. The molecule has 0 bridgehead atoms. The number of hydrogen-bond donors (Lipinski definition) is 1. The summed E-state index contributed by atoms with van der Waals surface area (Å²) in [4.78, 5) is 2.58. The number of piperidine rings is 1. The van der Waals surface area contributed by atoms with Gasteiger partial charge in [0.05, 0.1) is 0 Å². The van der Waals surface area contributed by atoms with Gasteiger partial charge in [0.25, 0.3) is 0 Å². The number of nitrogens with zero attached hydrogens (tertiary/aromatic N) is 1. The third-order valence-corrected chi connectivity index (χ3v) is 4.97. The molecule has 2 nitrogen and oxygen atoms in total. The van der Waals surface area contributed by atoms with Crippen molar-refractivity contribution >= 4 is 21.6 Å². The summed E-state index contributed by atoms with van der Waals surface area (Å²) >= 11 is 3.62. The van der Waals surface area contributed by atoms with Crippen LogP contribution in [0, 0.1) is 5.92 Å². The van der Waals surface area contributed by atoms with Crippen LogP contribution in [0.5, 0.6) is 0 Å². The number of halogens is 1. The van der Waals surface area contributed by atoms with Gasteiger partial charge in [-0.2, -0.15) is 0 Å². The zero-order valence-electron chi connectivity index (χ0n) is 12.9. The third kappa shape index (κ3) is 3.76. The largest absolute Gasteiger partial charge is 0.368 e. The zero-order valence-corrected chi connectivity index (χ0v) is 14.5. The Balaban J connectivity index is 2.30. The molecule has 1 aromatic rings. The first kappa shape index (κ1) is 15.8. The van der Waals surface area contributed by atoms with Gasteiger partial charge in [-0.15, -0.1) is 0 Å². The van der Waals surface area contributed by atoms with Crippen LogP contribution < -0.4 is 10.6 Å². The lowest BCUT2D eigenvalue weighted by Crippen LogP contribution is -2.41. The van der Waals surface area contributed by atoms with E-state index in [-0.39, 0.29) is 6.04 Å². The molecule has 2 rings (SSSR count). The van der Waals surface area contributed by atoms with Crippen molar-refractivity contribution < 1.29 is 0 Å². The van der Waals surface area contributed by atoms with Crippen LogP contribution in [0.15, 0.2) is 22.7 Å². The van der Waals surface area contributed by atoms with Crippen LogP contribution in [0.4, 0.5) is 5.69 Å². The predicted molar refractivity (Wildman–Crippen MR) is 91.3 cm³/mol.